The zero-order valence-corrected chi connectivity index (χ0v) is 15.1. The Bertz CT molecular complexity index is 851. The summed E-state index contributed by atoms with van der Waals surface area (Å²) < 4.78 is 24.5. The van der Waals surface area contributed by atoms with E-state index >= 15 is 0 Å². The second kappa shape index (κ2) is 8.10. The van der Waals surface area contributed by atoms with Crippen LogP contribution in [0.3, 0.4) is 0 Å². The largest absolute Gasteiger partial charge is 0.492 e. The van der Waals surface area contributed by atoms with E-state index in [1.54, 1.807) is 19.1 Å². The Labute approximate surface area is 152 Å². The molecule has 1 aromatic heterocycles. The molecule has 0 amide bonds. The van der Waals surface area contributed by atoms with E-state index in [1.165, 1.54) is 6.07 Å². The van der Waals surface area contributed by atoms with Gasteiger partial charge in [0.15, 0.2) is 0 Å². The lowest BCUT2D eigenvalue weighted by molar-refractivity contribution is 0.174. The van der Waals surface area contributed by atoms with Crippen molar-refractivity contribution in [2.45, 2.75) is 19.9 Å². The minimum absolute atomic E-state index is 0.0582. The number of hydrogen-bond donors (Lipinski definition) is 0. The maximum Gasteiger partial charge on any atom is 0.244 e. The van der Waals surface area contributed by atoms with E-state index in [0.717, 1.165) is 11.3 Å². The first-order valence-electron chi connectivity index (χ1n) is 8.53. The van der Waals surface area contributed by atoms with Gasteiger partial charge in [0.05, 0.1) is 6.04 Å². The molecule has 2 aromatic carbocycles. The van der Waals surface area contributed by atoms with Crippen LogP contribution < -0.4 is 4.74 Å². The molecule has 0 fully saturated rings. The van der Waals surface area contributed by atoms with Crippen molar-refractivity contribution in [1.82, 2.24) is 15.0 Å². The van der Waals surface area contributed by atoms with Crippen molar-refractivity contribution in [3.63, 3.8) is 0 Å². The first kappa shape index (κ1) is 18.1. The molecule has 3 aromatic rings. The predicted octanol–water partition coefficient (Wildman–Crippen LogP) is 4.26. The number of likely N-dealkylation sites (N-methyl/N-ethyl adjacent to an activating group) is 1. The number of aryl methyl sites for hydroxylation is 1. The quantitative estimate of drug-likeness (QED) is 0.634. The van der Waals surface area contributed by atoms with Gasteiger partial charge in [-0.3, -0.25) is 4.90 Å². The van der Waals surface area contributed by atoms with E-state index in [1.807, 2.05) is 44.3 Å². The highest BCUT2D eigenvalue weighted by Gasteiger charge is 2.19. The molecule has 0 saturated carbocycles. The molecule has 3 rings (SSSR count). The van der Waals surface area contributed by atoms with Crippen LogP contribution in [0.15, 0.2) is 53.1 Å². The number of para-hydroxylation sites is 1. The van der Waals surface area contributed by atoms with Gasteiger partial charge >= 0.3 is 0 Å². The van der Waals surface area contributed by atoms with Crippen LogP contribution in [-0.2, 0) is 0 Å². The molecule has 1 atom stereocenters. The van der Waals surface area contributed by atoms with Gasteiger partial charge < -0.3 is 9.26 Å². The van der Waals surface area contributed by atoms with Crippen molar-refractivity contribution in [2.75, 3.05) is 20.2 Å². The van der Waals surface area contributed by atoms with Crippen LogP contribution in [0.1, 0.15) is 24.4 Å². The number of nitrogens with zero attached hydrogens (tertiary/aromatic N) is 3. The summed E-state index contributed by atoms with van der Waals surface area (Å²) in [5.41, 5.74) is 1.29. The molecule has 6 heteroatoms. The smallest absolute Gasteiger partial charge is 0.244 e. The fourth-order valence-corrected chi connectivity index (χ4v) is 2.51. The topological polar surface area (TPSA) is 51.4 Å². The van der Waals surface area contributed by atoms with E-state index in [9.17, 15) is 4.39 Å². The normalized spacial score (nSPS) is 12.3. The second-order valence-corrected chi connectivity index (χ2v) is 6.24. The van der Waals surface area contributed by atoms with Crippen molar-refractivity contribution < 1.29 is 13.7 Å². The minimum Gasteiger partial charge on any atom is -0.492 e. The van der Waals surface area contributed by atoms with E-state index in [0.29, 0.717) is 30.4 Å². The van der Waals surface area contributed by atoms with Gasteiger partial charge in [0.25, 0.3) is 0 Å². The van der Waals surface area contributed by atoms with Gasteiger partial charge in [-0.05, 0) is 56.8 Å². The fraction of sp³-hybridized carbons (Fsp3) is 0.300. The number of benzene rings is 2. The number of ether oxygens (including phenoxy) is 1. The van der Waals surface area contributed by atoms with Crippen molar-refractivity contribution in [3.05, 3.63) is 65.8 Å². The van der Waals surface area contributed by atoms with Gasteiger partial charge in [-0.2, -0.15) is 4.98 Å². The maximum absolute atomic E-state index is 13.4. The van der Waals surface area contributed by atoms with Crippen molar-refractivity contribution >= 4 is 0 Å². The van der Waals surface area contributed by atoms with Crippen LogP contribution in [0, 0.1) is 12.7 Å². The zero-order chi connectivity index (χ0) is 18.5. The average molecular weight is 355 g/mol. The highest BCUT2D eigenvalue weighted by molar-refractivity contribution is 5.55. The van der Waals surface area contributed by atoms with E-state index < -0.39 is 0 Å². The minimum atomic E-state index is -0.246. The van der Waals surface area contributed by atoms with Crippen LogP contribution in [0.4, 0.5) is 4.39 Å². The summed E-state index contributed by atoms with van der Waals surface area (Å²) in [4.78, 5) is 6.54. The van der Waals surface area contributed by atoms with Gasteiger partial charge in [-0.15, -0.1) is 0 Å². The maximum atomic E-state index is 13.4. The van der Waals surface area contributed by atoms with Crippen LogP contribution in [0.5, 0.6) is 5.75 Å². The third kappa shape index (κ3) is 4.26. The first-order valence-corrected chi connectivity index (χ1v) is 8.53. The lowest BCUT2D eigenvalue weighted by Crippen LogP contribution is -2.27. The van der Waals surface area contributed by atoms with Gasteiger partial charge in [-0.1, -0.05) is 23.4 Å². The number of rotatable bonds is 7. The van der Waals surface area contributed by atoms with Crippen LogP contribution >= 0.6 is 0 Å². The summed E-state index contributed by atoms with van der Waals surface area (Å²) in [5, 5.41) is 4.02. The fourth-order valence-electron chi connectivity index (χ4n) is 2.51. The number of hydrogen-bond acceptors (Lipinski definition) is 5. The van der Waals surface area contributed by atoms with Gasteiger partial charge in [-0.25, -0.2) is 4.39 Å². The lowest BCUT2D eigenvalue weighted by atomic mass is 10.1. The zero-order valence-electron chi connectivity index (χ0n) is 15.1. The monoisotopic (exact) mass is 355 g/mol. The highest BCUT2D eigenvalue weighted by Crippen LogP contribution is 2.23. The highest BCUT2D eigenvalue weighted by atomic mass is 19.1. The predicted molar refractivity (Wildman–Crippen MR) is 97.4 cm³/mol. The van der Waals surface area contributed by atoms with Crippen LogP contribution in [0.2, 0.25) is 0 Å². The molecule has 5 nitrogen and oxygen atoms in total. The molecule has 1 unspecified atom stereocenters. The van der Waals surface area contributed by atoms with E-state index in [4.69, 9.17) is 9.26 Å². The van der Waals surface area contributed by atoms with E-state index in [-0.39, 0.29) is 11.9 Å². The Kier molecular flexibility index (Phi) is 5.63. The molecule has 0 bridgehead atoms. The van der Waals surface area contributed by atoms with E-state index in [2.05, 4.69) is 15.0 Å². The standard InChI is InChI=1S/C20H22FN3O2/c1-14-13-16(9-10-18(14)21)19-22-20(26-23-19)15(2)24(3)11-12-25-17-7-5-4-6-8-17/h4-10,13,15H,11-12H2,1-3H3. The summed E-state index contributed by atoms with van der Waals surface area (Å²) in [6, 6.07) is 14.4. The first-order chi connectivity index (χ1) is 12.5. The summed E-state index contributed by atoms with van der Waals surface area (Å²) in [5.74, 6) is 1.58. The van der Waals surface area contributed by atoms with Gasteiger partial charge in [0.2, 0.25) is 11.7 Å². The lowest BCUT2D eigenvalue weighted by Gasteiger charge is -2.21. The third-order valence-electron chi connectivity index (χ3n) is 4.33. The Morgan fingerprint density at radius 1 is 1.19 bits per heavy atom. The molecule has 0 aliphatic heterocycles. The third-order valence-corrected chi connectivity index (χ3v) is 4.33. The molecule has 136 valence electrons. The van der Waals surface area contributed by atoms with Crippen LogP contribution in [-0.4, -0.2) is 35.2 Å². The molecule has 1 heterocycles. The van der Waals surface area contributed by atoms with Crippen molar-refractivity contribution in [3.8, 4) is 17.1 Å². The van der Waals surface area contributed by atoms with Gasteiger partial charge in [0.1, 0.15) is 18.2 Å². The summed E-state index contributed by atoms with van der Waals surface area (Å²) in [6.45, 7) is 4.98. The molecule has 0 N–H and O–H groups in total. The molecule has 26 heavy (non-hydrogen) atoms. The summed E-state index contributed by atoms with van der Waals surface area (Å²) in [7, 11) is 1.98. The molecule has 0 aliphatic rings. The molecule has 0 aliphatic carbocycles. The molecular weight excluding hydrogens is 333 g/mol. The molecule has 0 saturated heterocycles. The molecule has 0 spiro atoms. The van der Waals surface area contributed by atoms with Crippen molar-refractivity contribution in [1.29, 1.82) is 0 Å². The molecular formula is C20H22FN3O2. The second-order valence-electron chi connectivity index (χ2n) is 6.24. The SMILES string of the molecule is Cc1cc(-c2noc(C(C)N(C)CCOc3ccccc3)n2)ccc1F. The summed E-state index contributed by atoms with van der Waals surface area (Å²) in [6.07, 6.45) is 0. The number of aromatic nitrogens is 2. The Morgan fingerprint density at radius 2 is 1.96 bits per heavy atom. The average Bonchev–Trinajstić information content (AvgIpc) is 3.14. The Balaban J connectivity index is 1.59. The Morgan fingerprint density at radius 3 is 2.69 bits per heavy atom. The molecule has 0 radical (unpaired) electrons. The summed E-state index contributed by atoms with van der Waals surface area (Å²) >= 11 is 0. The van der Waals surface area contributed by atoms with Gasteiger partial charge in [0, 0.05) is 12.1 Å². The number of halogens is 1. The van der Waals surface area contributed by atoms with Crippen molar-refractivity contribution in [2.24, 2.45) is 0 Å². The van der Waals surface area contributed by atoms with Crippen LogP contribution in [0.25, 0.3) is 11.4 Å². The Hall–Kier alpha value is -2.73.